The molecule has 0 radical (unpaired) electrons. The van der Waals surface area contributed by atoms with Crippen LogP contribution < -0.4 is 10.6 Å². The van der Waals surface area contributed by atoms with Gasteiger partial charge in [-0.25, -0.2) is 4.79 Å². The number of carbonyl (C=O) groups excluding carboxylic acids is 1. The highest BCUT2D eigenvalue weighted by Crippen LogP contribution is 2.27. The van der Waals surface area contributed by atoms with Crippen LogP contribution in [0, 0.1) is 17.2 Å². The molecule has 1 heterocycles. The van der Waals surface area contributed by atoms with Gasteiger partial charge in [0.05, 0.1) is 22.7 Å². The van der Waals surface area contributed by atoms with E-state index >= 15 is 0 Å². The first-order valence-electron chi connectivity index (χ1n) is 5.84. The van der Waals surface area contributed by atoms with Crippen molar-refractivity contribution in [1.82, 2.24) is 0 Å². The standard InChI is InChI=1S/C13H13N3O3/c14-6-10-5-8(13(18)19)1-2-11(10)16-4-3-9(7-16)12(15)17/h1-2,5,9H,3-4,7H2,(H2,15,17)(H,18,19). The molecule has 1 aliphatic heterocycles. The van der Waals surface area contributed by atoms with E-state index in [-0.39, 0.29) is 17.4 Å². The van der Waals surface area contributed by atoms with Crippen LogP contribution in [0.15, 0.2) is 18.2 Å². The first kappa shape index (κ1) is 12.9. The van der Waals surface area contributed by atoms with Crippen LogP contribution in [0.3, 0.4) is 0 Å². The van der Waals surface area contributed by atoms with Gasteiger partial charge in [0.15, 0.2) is 0 Å². The summed E-state index contributed by atoms with van der Waals surface area (Å²) in [6, 6.07) is 6.39. The Kier molecular flexibility index (Phi) is 3.38. The minimum absolute atomic E-state index is 0.0750. The third-order valence-electron chi connectivity index (χ3n) is 3.30. The number of carboxylic acid groups (broad SMARTS) is 1. The van der Waals surface area contributed by atoms with Crippen molar-refractivity contribution < 1.29 is 14.7 Å². The number of nitrogens with two attached hydrogens (primary N) is 1. The highest BCUT2D eigenvalue weighted by molar-refractivity contribution is 5.89. The molecule has 2 rings (SSSR count). The van der Waals surface area contributed by atoms with Crippen molar-refractivity contribution in [3.63, 3.8) is 0 Å². The number of anilines is 1. The van der Waals surface area contributed by atoms with Gasteiger partial charge < -0.3 is 15.7 Å². The Hall–Kier alpha value is -2.55. The molecule has 98 valence electrons. The summed E-state index contributed by atoms with van der Waals surface area (Å²) in [5.41, 5.74) is 6.28. The number of rotatable bonds is 3. The van der Waals surface area contributed by atoms with E-state index in [1.54, 1.807) is 6.07 Å². The van der Waals surface area contributed by atoms with Gasteiger partial charge in [-0.1, -0.05) is 0 Å². The molecule has 1 amide bonds. The minimum atomic E-state index is -1.07. The maximum absolute atomic E-state index is 11.1. The molecule has 1 aliphatic rings. The number of amides is 1. The quantitative estimate of drug-likeness (QED) is 0.825. The summed E-state index contributed by atoms with van der Waals surface area (Å²) >= 11 is 0. The largest absolute Gasteiger partial charge is 0.478 e. The first-order chi connectivity index (χ1) is 9.02. The van der Waals surface area contributed by atoms with Crippen LogP contribution in [0.5, 0.6) is 0 Å². The molecule has 0 aliphatic carbocycles. The van der Waals surface area contributed by atoms with Crippen molar-refractivity contribution in [3.8, 4) is 6.07 Å². The van der Waals surface area contributed by atoms with Crippen LogP contribution in [-0.2, 0) is 4.79 Å². The molecule has 6 heteroatoms. The Morgan fingerprint density at radius 1 is 1.47 bits per heavy atom. The van der Waals surface area contributed by atoms with Gasteiger partial charge >= 0.3 is 5.97 Å². The van der Waals surface area contributed by atoms with Crippen LogP contribution in [0.4, 0.5) is 5.69 Å². The lowest BCUT2D eigenvalue weighted by molar-refractivity contribution is -0.121. The number of primary amides is 1. The summed E-state index contributed by atoms with van der Waals surface area (Å²) in [6.07, 6.45) is 0.654. The second-order valence-electron chi connectivity index (χ2n) is 4.48. The molecule has 1 aromatic carbocycles. The van der Waals surface area contributed by atoms with E-state index in [4.69, 9.17) is 16.1 Å². The fourth-order valence-electron chi connectivity index (χ4n) is 2.25. The van der Waals surface area contributed by atoms with Gasteiger partial charge in [0, 0.05) is 13.1 Å². The van der Waals surface area contributed by atoms with E-state index in [9.17, 15) is 9.59 Å². The SMILES string of the molecule is N#Cc1cc(C(=O)O)ccc1N1CCC(C(N)=O)C1. The Balaban J connectivity index is 2.29. The Bertz CT molecular complexity index is 577. The molecule has 0 spiro atoms. The number of carboxylic acids is 1. The van der Waals surface area contributed by atoms with Crippen molar-refractivity contribution in [2.45, 2.75) is 6.42 Å². The molecular weight excluding hydrogens is 246 g/mol. The number of aromatic carboxylic acids is 1. The van der Waals surface area contributed by atoms with Crippen molar-refractivity contribution in [3.05, 3.63) is 29.3 Å². The van der Waals surface area contributed by atoms with E-state index in [0.29, 0.717) is 30.8 Å². The van der Waals surface area contributed by atoms with Gasteiger partial charge in [-0.2, -0.15) is 5.26 Å². The normalized spacial score (nSPS) is 18.1. The first-order valence-corrected chi connectivity index (χ1v) is 5.84. The number of carbonyl (C=O) groups is 2. The Morgan fingerprint density at radius 3 is 2.74 bits per heavy atom. The highest BCUT2D eigenvalue weighted by Gasteiger charge is 2.28. The number of hydrogen-bond acceptors (Lipinski definition) is 4. The fourth-order valence-corrected chi connectivity index (χ4v) is 2.25. The number of hydrogen-bond donors (Lipinski definition) is 2. The molecule has 1 saturated heterocycles. The van der Waals surface area contributed by atoms with Crippen molar-refractivity contribution in [1.29, 1.82) is 5.26 Å². The van der Waals surface area contributed by atoms with Crippen LogP contribution in [0.25, 0.3) is 0 Å². The molecule has 1 aromatic rings. The van der Waals surface area contributed by atoms with Crippen LogP contribution in [0.1, 0.15) is 22.3 Å². The average molecular weight is 259 g/mol. The number of benzene rings is 1. The summed E-state index contributed by atoms with van der Waals surface area (Å²) < 4.78 is 0. The van der Waals surface area contributed by atoms with E-state index in [1.165, 1.54) is 12.1 Å². The number of nitriles is 1. The van der Waals surface area contributed by atoms with E-state index < -0.39 is 5.97 Å². The van der Waals surface area contributed by atoms with Gasteiger partial charge in [-0.05, 0) is 24.6 Å². The average Bonchev–Trinajstić information content (AvgIpc) is 2.87. The zero-order chi connectivity index (χ0) is 14.0. The molecule has 19 heavy (non-hydrogen) atoms. The molecule has 0 bridgehead atoms. The molecule has 1 unspecified atom stereocenters. The third-order valence-corrected chi connectivity index (χ3v) is 3.30. The second-order valence-corrected chi connectivity index (χ2v) is 4.48. The topological polar surface area (TPSA) is 107 Å². The summed E-state index contributed by atoms with van der Waals surface area (Å²) in [7, 11) is 0. The lowest BCUT2D eigenvalue weighted by Gasteiger charge is -2.19. The summed E-state index contributed by atoms with van der Waals surface area (Å²) in [6.45, 7) is 1.10. The summed E-state index contributed by atoms with van der Waals surface area (Å²) in [5.74, 6) is -1.63. The lowest BCUT2D eigenvalue weighted by atomic mass is 10.1. The van der Waals surface area contributed by atoms with Crippen LogP contribution in [-0.4, -0.2) is 30.1 Å². The van der Waals surface area contributed by atoms with Crippen molar-refractivity contribution in [2.24, 2.45) is 11.7 Å². The Morgan fingerprint density at radius 2 is 2.21 bits per heavy atom. The smallest absolute Gasteiger partial charge is 0.335 e. The van der Waals surface area contributed by atoms with E-state index in [0.717, 1.165) is 0 Å². The van der Waals surface area contributed by atoms with E-state index in [2.05, 4.69) is 0 Å². The summed E-state index contributed by atoms with van der Waals surface area (Å²) in [5, 5.41) is 18.0. The van der Waals surface area contributed by atoms with Crippen LogP contribution >= 0.6 is 0 Å². The zero-order valence-corrected chi connectivity index (χ0v) is 10.2. The van der Waals surface area contributed by atoms with Gasteiger partial charge in [-0.3, -0.25) is 4.79 Å². The predicted molar refractivity (Wildman–Crippen MR) is 67.6 cm³/mol. The Labute approximate surface area is 110 Å². The minimum Gasteiger partial charge on any atom is -0.478 e. The van der Waals surface area contributed by atoms with Crippen molar-refractivity contribution in [2.75, 3.05) is 18.0 Å². The van der Waals surface area contributed by atoms with Gasteiger partial charge in [0.2, 0.25) is 5.91 Å². The van der Waals surface area contributed by atoms with Gasteiger partial charge in [0.1, 0.15) is 6.07 Å². The maximum Gasteiger partial charge on any atom is 0.335 e. The fraction of sp³-hybridized carbons (Fsp3) is 0.308. The monoisotopic (exact) mass is 259 g/mol. The van der Waals surface area contributed by atoms with E-state index in [1.807, 2.05) is 11.0 Å². The highest BCUT2D eigenvalue weighted by atomic mass is 16.4. The zero-order valence-electron chi connectivity index (χ0n) is 10.2. The molecule has 0 saturated carbocycles. The molecule has 3 N–H and O–H groups in total. The molecular formula is C13H13N3O3. The number of nitrogens with zero attached hydrogens (tertiary/aromatic N) is 2. The predicted octanol–water partition coefficient (Wildman–Crippen LogP) is 0.568. The second kappa shape index (κ2) is 4.98. The maximum atomic E-state index is 11.1. The summed E-state index contributed by atoms with van der Waals surface area (Å²) in [4.78, 5) is 23.9. The van der Waals surface area contributed by atoms with Crippen LogP contribution in [0.2, 0.25) is 0 Å². The molecule has 1 fully saturated rings. The van der Waals surface area contributed by atoms with Crippen molar-refractivity contribution >= 4 is 17.6 Å². The molecule has 0 aromatic heterocycles. The van der Waals surface area contributed by atoms with Gasteiger partial charge in [0.25, 0.3) is 0 Å². The third kappa shape index (κ3) is 2.50. The lowest BCUT2D eigenvalue weighted by Crippen LogP contribution is -2.27. The molecule has 6 nitrogen and oxygen atoms in total. The molecule has 1 atom stereocenters. The van der Waals surface area contributed by atoms with Gasteiger partial charge in [-0.15, -0.1) is 0 Å².